The van der Waals surface area contributed by atoms with Crippen LogP contribution in [0.2, 0.25) is 0 Å². The van der Waals surface area contributed by atoms with Gasteiger partial charge in [0.15, 0.2) is 11.5 Å². The van der Waals surface area contributed by atoms with Crippen LogP contribution in [0.15, 0.2) is 18.6 Å². The van der Waals surface area contributed by atoms with E-state index in [2.05, 4.69) is 15.1 Å². The summed E-state index contributed by atoms with van der Waals surface area (Å²) in [4.78, 5) is 21.4. The number of thiophene rings is 1. The molecule has 0 spiro atoms. The van der Waals surface area contributed by atoms with Crippen LogP contribution in [0.3, 0.4) is 0 Å². The smallest absolute Gasteiger partial charge is 0.356 e. The average molecular weight is 274 g/mol. The lowest BCUT2D eigenvalue weighted by Crippen LogP contribution is -2.03. The highest BCUT2D eigenvalue weighted by molar-refractivity contribution is 7.18. The molecule has 0 saturated carbocycles. The molecule has 3 aromatic rings. The first-order valence-electron chi connectivity index (χ1n) is 5.58. The van der Waals surface area contributed by atoms with E-state index in [1.54, 1.807) is 17.5 Å². The quantitative estimate of drug-likeness (QED) is 0.774. The summed E-state index contributed by atoms with van der Waals surface area (Å²) in [5.74, 6) is -0.443. The van der Waals surface area contributed by atoms with Gasteiger partial charge in [-0.3, -0.25) is 0 Å². The second-order valence-electron chi connectivity index (χ2n) is 4.11. The highest BCUT2D eigenvalue weighted by Crippen LogP contribution is 2.31. The van der Waals surface area contributed by atoms with Crippen molar-refractivity contribution in [3.05, 3.63) is 34.7 Å². The number of aryl methyl sites for hydroxylation is 2. The lowest BCUT2D eigenvalue weighted by molar-refractivity contribution is 0.0690. The number of rotatable bonds is 2. The molecule has 0 aliphatic heterocycles. The zero-order valence-corrected chi connectivity index (χ0v) is 11.1. The zero-order valence-electron chi connectivity index (χ0n) is 10.3. The number of aromatic nitrogens is 4. The third-order valence-corrected chi connectivity index (χ3v) is 4.09. The fourth-order valence-corrected chi connectivity index (χ4v) is 2.88. The van der Waals surface area contributed by atoms with Crippen LogP contribution in [0, 0.1) is 13.8 Å². The summed E-state index contributed by atoms with van der Waals surface area (Å²) in [6, 6.07) is 1.45. The van der Waals surface area contributed by atoms with Crippen molar-refractivity contribution >= 4 is 27.5 Å². The summed E-state index contributed by atoms with van der Waals surface area (Å²) in [5.41, 5.74) is 1.10. The summed E-state index contributed by atoms with van der Waals surface area (Å²) >= 11 is 1.59. The Balaban J connectivity index is 2.26. The molecule has 6 nitrogen and oxygen atoms in total. The monoisotopic (exact) mass is 274 g/mol. The molecular formula is C12H10N4O2S. The largest absolute Gasteiger partial charge is 0.476 e. The van der Waals surface area contributed by atoms with E-state index in [4.69, 9.17) is 5.11 Å². The number of carbonyl (C=O) groups is 1. The Labute approximate surface area is 112 Å². The third kappa shape index (κ3) is 1.78. The van der Waals surface area contributed by atoms with Crippen LogP contribution < -0.4 is 0 Å². The number of hydrogen-bond acceptors (Lipinski definition) is 5. The Morgan fingerprint density at radius 3 is 2.84 bits per heavy atom. The summed E-state index contributed by atoms with van der Waals surface area (Å²) in [5, 5.41) is 13.8. The van der Waals surface area contributed by atoms with Crippen LogP contribution in [0.25, 0.3) is 16.0 Å². The van der Waals surface area contributed by atoms with E-state index >= 15 is 0 Å². The van der Waals surface area contributed by atoms with Gasteiger partial charge in [0.2, 0.25) is 0 Å². The van der Waals surface area contributed by atoms with Gasteiger partial charge < -0.3 is 5.11 Å². The molecule has 7 heteroatoms. The van der Waals surface area contributed by atoms with Gasteiger partial charge in [0.05, 0.1) is 5.39 Å². The van der Waals surface area contributed by atoms with Crippen molar-refractivity contribution in [2.75, 3.05) is 0 Å². The van der Waals surface area contributed by atoms with Crippen molar-refractivity contribution in [1.82, 2.24) is 19.7 Å². The molecule has 3 heterocycles. The maximum atomic E-state index is 10.9. The van der Waals surface area contributed by atoms with Gasteiger partial charge in [-0.15, -0.1) is 11.3 Å². The van der Waals surface area contributed by atoms with Gasteiger partial charge in [0.25, 0.3) is 0 Å². The first kappa shape index (κ1) is 11.8. The second-order valence-corrected chi connectivity index (χ2v) is 5.31. The van der Waals surface area contributed by atoms with Crippen LogP contribution in [0.1, 0.15) is 20.9 Å². The van der Waals surface area contributed by atoms with Gasteiger partial charge in [-0.25, -0.2) is 19.4 Å². The Morgan fingerprint density at radius 2 is 2.16 bits per heavy atom. The number of fused-ring (bicyclic) bond motifs is 1. The molecule has 1 N–H and O–H groups in total. The van der Waals surface area contributed by atoms with E-state index in [0.717, 1.165) is 15.8 Å². The number of hydrogen-bond donors (Lipinski definition) is 1. The molecule has 0 bridgehead atoms. The van der Waals surface area contributed by atoms with Crippen molar-refractivity contribution in [3.8, 4) is 5.82 Å². The van der Waals surface area contributed by atoms with Crippen molar-refractivity contribution in [3.63, 3.8) is 0 Å². The van der Waals surface area contributed by atoms with E-state index in [-0.39, 0.29) is 5.69 Å². The first-order valence-corrected chi connectivity index (χ1v) is 6.39. The molecule has 0 aliphatic rings. The summed E-state index contributed by atoms with van der Waals surface area (Å²) in [6.45, 7) is 4.03. The number of carboxylic acid groups (broad SMARTS) is 1. The predicted molar refractivity (Wildman–Crippen MR) is 71.0 cm³/mol. The Kier molecular flexibility index (Phi) is 2.56. The standard InChI is InChI=1S/C12H10N4O2S/c1-6-7(2)19-11-9(6)10(13-5-14-11)16-4-3-8(15-16)12(17)18/h3-5H,1-2H3,(H,17,18). The molecule has 3 aromatic heterocycles. The van der Waals surface area contributed by atoms with Gasteiger partial charge in [-0.1, -0.05) is 0 Å². The molecule has 0 aliphatic carbocycles. The molecule has 19 heavy (non-hydrogen) atoms. The van der Waals surface area contributed by atoms with Crippen LogP contribution in [0.5, 0.6) is 0 Å². The molecule has 0 saturated heterocycles. The Morgan fingerprint density at radius 1 is 1.37 bits per heavy atom. The van der Waals surface area contributed by atoms with Gasteiger partial charge in [-0.05, 0) is 25.5 Å². The molecule has 0 unspecified atom stereocenters. The highest BCUT2D eigenvalue weighted by Gasteiger charge is 2.15. The number of nitrogens with zero attached hydrogens (tertiary/aromatic N) is 4. The minimum Gasteiger partial charge on any atom is -0.476 e. The average Bonchev–Trinajstić information content (AvgIpc) is 2.96. The normalized spacial score (nSPS) is 11.1. The maximum Gasteiger partial charge on any atom is 0.356 e. The van der Waals surface area contributed by atoms with Crippen LogP contribution in [0.4, 0.5) is 0 Å². The van der Waals surface area contributed by atoms with E-state index in [0.29, 0.717) is 5.82 Å². The molecule has 96 valence electrons. The van der Waals surface area contributed by atoms with Gasteiger partial charge in [0, 0.05) is 11.1 Å². The topological polar surface area (TPSA) is 80.9 Å². The van der Waals surface area contributed by atoms with Crippen LogP contribution in [-0.4, -0.2) is 30.8 Å². The first-order chi connectivity index (χ1) is 9.08. The van der Waals surface area contributed by atoms with E-state index in [1.165, 1.54) is 22.0 Å². The lowest BCUT2D eigenvalue weighted by atomic mass is 10.2. The lowest BCUT2D eigenvalue weighted by Gasteiger charge is -2.02. The molecule has 3 rings (SSSR count). The molecule has 0 atom stereocenters. The van der Waals surface area contributed by atoms with E-state index < -0.39 is 5.97 Å². The molecular weight excluding hydrogens is 264 g/mol. The SMILES string of the molecule is Cc1sc2ncnc(-n3ccc(C(=O)O)n3)c2c1C. The predicted octanol–water partition coefficient (Wildman–Crippen LogP) is 2.19. The highest BCUT2D eigenvalue weighted by atomic mass is 32.1. The van der Waals surface area contributed by atoms with Crippen LogP contribution in [-0.2, 0) is 0 Å². The minimum atomic E-state index is -1.05. The van der Waals surface area contributed by atoms with Gasteiger partial charge >= 0.3 is 5.97 Å². The van der Waals surface area contributed by atoms with Crippen LogP contribution >= 0.6 is 11.3 Å². The van der Waals surface area contributed by atoms with Gasteiger partial charge in [0.1, 0.15) is 11.2 Å². The van der Waals surface area contributed by atoms with Crippen molar-refractivity contribution in [1.29, 1.82) is 0 Å². The van der Waals surface area contributed by atoms with E-state index in [1.807, 2.05) is 13.8 Å². The Bertz CT molecular complexity index is 790. The van der Waals surface area contributed by atoms with Crippen molar-refractivity contribution in [2.24, 2.45) is 0 Å². The fraction of sp³-hybridized carbons (Fsp3) is 0.167. The van der Waals surface area contributed by atoms with E-state index in [9.17, 15) is 4.79 Å². The zero-order chi connectivity index (χ0) is 13.6. The van der Waals surface area contributed by atoms with Crippen molar-refractivity contribution < 1.29 is 9.90 Å². The molecule has 0 fully saturated rings. The number of aromatic carboxylic acids is 1. The summed E-state index contributed by atoms with van der Waals surface area (Å²) < 4.78 is 1.48. The van der Waals surface area contributed by atoms with Crippen molar-refractivity contribution in [2.45, 2.75) is 13.8 Å². The number of carboxylic acids is 1. The third-order valence-electron chi connectivity index (χ3n) is 2.97. The minimum absolute atomic E-state index is 0.00336. The molecule has 0 aromatic carbocycles. The maximum absolute atomic E-state index is 10.9. The Hall–Kier alpha value is -2.28. The molecule has 0 radical (unpaired) electrons. The van der Waals surface area contributed by atoms with Gasteiger partial charge in [-0.2, -0.15) is 5.10 Å². The summed E-state index contributed by atoms with van der Waals surface area (Å²) in [6.07, 6.45) is 3.06. The molecule has 0 amide bonds. The summed E-state index contributed by atoms with van der Waals surface area (Å²) in [7, 11) is 0. The second kappa shape index (κ2) is 4.13. The fourth-order valence-electron chi connectivity index (χ4n) is 1.89.